The van der Waals surface area contributed by atoms with Crippen molar-refractivity contribution in [2.45, 2.75) is 40.7 Å². The van der Waals surface area contributed by atoms with Gasteiger partial charge < -0.3 is 9.63 Å². The number of hydrogen-bond donors (Lipinski definition) is 1. The van der Waals surface area contributed by atoms with Crippen LogP contribution in [0.3, 0.4) is 0 Å². The molecule has 0 saturated carbocycles. The minimum atomic E-state index is -0.755. The Bertz CT molecular complexity index is 381. The first-order valence-electron chi connectivity index (χ1n) is 6.32. The second-order valence-electron chi connectivity index (χ2n) is 4.78. The van der Waals surface area contributed by atoms with Gasteiger partial charge in [0.15, 0.2) is 0 Å². The first-order chi connectivity index (χ1) is 8.45. The largest absolute Gasteiger partial charge is 0.481 e. The predicted octanol–water partition coefficient (Wildman–Crippen LogP) is 2.22. The molecule has 0 amide bonds. The highest BCUT2D eigenvalue weighted by Crippen LogP contribution is 2.16. The molecule has 5 heteroatoms. The number of aryl methyl sites for hydroxylation is 2. The fourth-order valence-corrected chi connectivity index (χ4v) is 1.97. The summed E-state index contributed by atoms with van der Waals surface area (Å²) < 4.78 is 5.13. The monoisotopic (exact) mass is 254 g/mol. The van der Waals surface area contributed by atoms with Crippen molar-refractivity contribution in [2.75, 3.05) is 13.1 Å². The molecule has 0 radical (unpaired) electrons. The van der Waals surface area contributed by atoms with Gasteiger partial charge in [0.1, 0.15) is 5.76 Å². The molecule has 1 aromatic heterocycles. The van der Waals surface area contributed by atoms with E-state index in [9.17, 15) is 4.79 Å². The van der Waals surface area contributed by atoms with Crippen molar-refractivity contribution >= 4 is 5.97 Å². The lowest BCUT2D eigenvalue weighted by molar-refractivity contribution is -0.141. The average molecular weight is 254 g/mol. The summed E-state index contributed by atoms with van der Waals surface area (Å²) in [5.41, 5.74) is 1.96. The molecule has 0 aliphatic rings. The molecule has 0 bridgehead atoms. The van der Waals surface area contributed by atoms with Gasteiger partial charge in [0.25, 0.3) is 0 Å². The molecule has 1 rings (SSSR count). The van der Waals surface area contributed by atoms with Crippen LogP contribution in [0.1, 0.15) is 37.3 Å². The van der Waals surface area contributed by atoms with Crippen LogP contribution in [0, 0.1) is 19.8 Å². The number of hydrogen-bond acceptors (Lipinski definition) is 4. The van der Waals surface area contributed by atoms with E-state index in [2.05, 4.69) is 17.0 Å². The fraction of sp³-hybridized carbons (Fsp3) is 0.692. The minimum absolute atomic E-state index is 0.364. The molecule has 1 N–H and O–H groups in total. The fourth-order valence-electron chi connectivity index (χ4n) is 1.97. The molecule has 0 fully saturated rings. The summed E-state index contributed by atoms with van der Waals surface area (Å²) in [6.45, 7) is 9.75. The van der Waals surface area contributed by atoms with E-state index in [0.717, 1.165) is 30.0 Å². The van der Waals surface area contributed by atoms with E-state index in [1.54, 1.807) is 6.92 Å². The molecular formula is C13H22N2O3. The summed E-state index contributed by atoms with van der Waals surface area (Å²) >= 11 is 0. The molecule has 102 valence electrons. The van der Waals surface area contributed by atoms with Gasteiger partial charge in [-0.1, -0.05) is 19.0 Å². The molecule has 5 nitrogen and oxygen atoms in total. The Morgan fingerprint density at radius 3 is 2.61 bits per heavy atom. The van der Waals surface area contributed by atoms with Crippen LogP contribution in [0.4, 0.5) is 0 Å². The van der Waals surface area contributed by atoms with Crippen LogP contribution in [0.25, 0.3) is 0 Å². The van der Waals surface area contributed by atoms with Gasteiger partial charge in [-0.05, 0) is 26.8 Å². The quantitative estimate of drug-likeness (QED) is 0.808. The molecular weight excluding hydrogens is 232 g/mol. The lowest BCUT2D eigenvalue weighted by atomic mass is 10.1. The van der Waals surface area contributed by atoms with E-state index in [1.165, 1.54) is 0 Å². The highest BCUT2D eigenvalue weighted by Gasteiger charge is 2.18. The lowest BCUT2D eigenvalue weighted by Gasteiger charge is -2.23. The third-order valence-corrected chi connectivity index (χ3v) is 3.06. The first kappa shape index (κ1) is 14.7. The Morgan fingerprint density at radius 1 is 1.50 bits per heavy atom. The normalized spacial score (nSPS) is 12.9. The Morgan fingerprint density at radius 2 is 2.17 bits per heavy atom. The summed E-state index contributed by atoms with van der Waals surface area (Å²) in [5.74, 6) is -0.302. The van der Waals surface area contributed by atoms with Crippen molar-refractivity contribution in [3.05, 3.63) is 17.0 Å². The van der Waals surface area contributed by atoms with Crippen molar-refractivity contribution < 1.29 is 14.4 Å². The Hall–Kier alpha value is -1.36. The summed E-state index contributed by atoms with van der Waals surface area (Å²) in [7, 11) is 0. The van der Waals surface area contributed by atoms with E-state index < -0.39 is 5.97 Å². The average Bonchev–Trinajstić information content (AvgIpc) is 2.60. The van der Waals surface area contributed by atoms with Crippen LogP contribution in [-0.4, -0.2) is 34.2 Å². The third-order valence-electron chi connectivity index (χ3n) is 3.06. The zero-order valence-corrected chi connectivity index (χ0v) is 11.6. The van der Waals surface area contributed by atoms with Gasteiger partial charge in [0, 0.05) is 18.7 Å². The summed E-state index contributed by atoms with van der Waals surface area (Å²) in [6, 6.07) is 0. The number of nitrogens with zero attached hydrogens (tertiary/aromatic N) is 2. The van der Waals surface area contributed by atoms with Gasteiger partial charge in [0.05, 0.1) is 11.6 Å². The van der Waals surface area contributed by atoms with Gasteiger partial charge in [-0.15, -0.1) is 0 Å². The Balaban J connectivity index is 2.71. The smallest absolute Gasteiger partial charge is 0.307 e. The second-order valence-corrected chi connectivity index (χ2v) is 4.78. The van der Waals surface area contributed by atoms with Crippen molar-refractivity contribution in [3.8, 4) is 0 Å². The maximum Gasteiger partial charge on any atom is 0.307 e. The molecule has 1 unspecified atom stereocenters. The topological polar surface area (TPSA) is 66.6 Å². The van der Waals surface area contributed by atoms with Crippen LogP contribution < -0.4 is 0 Å². The number of carbonyl (C=O) groups is 1. The van der Waals surface area contributed by atoms with Gasteiger partial charge in [0.2, 0.25) is 0 Å². The van der Waals surface area contributed by atoms with Crippen LogP contribution in [0.15, 0.2) is 4.52 Å². The lowest BCUT2D eigenvalue weighted by Crippen LogP contribution is -2.32. The Kier molecular flexibility index (Phi) is 5.34. The molecule has 0 aliphatic heterocycles. The molecule has 0 saturated heterocycles. The van der Waals surface area contributed by atoms with Crippen molar-refractivity contribution in [1.82, 2.24) is 10.1 Å². The van der Waals surface area contributed by atoms with Gasteiger partial charge in [-0.25, -0.2) is 0 Å². The molecule has 0 aromatic carbocycles. The molecule has 0 aliphatic carbocycles. The molecule has 1 aromatic rings. The second kappa shape index (κ2) is 6.54. The van der Waals surface area contributed by atoms with Crippen LogP contribution in [-0.2, 0) is 11.3 Å². The number of aromatic nitrogens is 1. The molecule has 0 spiro atoms. The highest BCUT2D eigenvalue weighted by atomic mass is 16.5. The van der Waals surface area contributed by atoms with E-state index in [0.29, 0.717) is 13.1 Å². The van der Waals surface area contributed by atoms with Gasteiger partial charge in [-0.3, -0.25) is 9.69 Å². The van der Waals surface area contributed by atoms with Crippen LogP contribution in [0.5, 0.6) is 0 Å². The summed E-state index contributed by atoms with van der Waals surface area (Å²) in [5, 5.41) is 12.9. The molecule has 1 heterocycles. The zero-order chi connectivity index (χ0) is 13.7. The molecule has 1 atom stereocenters. The van der Waals surface area contributed by atoms with Gasteiger partial charge in [-0.2, -0.15) is 0 Å². The first-order valence-corrected chi connectivity index (χ1v) is 6.32. The predicted molar refractivity (Wildman–Crippen MR) is 68.3 cm³/mol. The Labute approximate surface area is 108 Å². The highest BCUT2D eigenvalue weighted by molar-refractivity contribution is 5.69. The van der Waals surface area contributed by atoms with Crippen LogP contribution in [0.2, 0.25) is 0 Å². The van der Waals surface area contributed by atoms with E-state index in [4.69, 9.17) is 9.63 Å². The van der Waals surface area contributed by atoms with Crippen molar-refractivity contribution in [1.29, 1.82) is 0 Å². The zero-order valence-electron chi connectivity index (χ0n) is 11.6. The SMILES string of the molecule is CCCN(Cc1c(C)noc1C)CC(C)C(=O)O. The maximum absolute atomic E-state index is 10.9. The number of carboxylic acid groups (broad SMARTS) is 1. The molecule has 18 heavy (non-hydrogen) atoms. The number of carboxylic acids is 1. The minimum Gasteiger partial charge on any atom is -0.481 e. The number of rotatable bonds is 7. The third kappa shape index (κ3) is 3.84. The summed E-state index contributed by atoms with van der Waals surface area (Å²) in [6.07, 6.45) is 0.996. The van der Waals surface area contributed by atoms with E-state index in [1.807, 2.05) is 13.8 Å². The number of aliphatic carboxylic acids is 1. The van der Waals surface area contributed by atoms with Gasteiger partial charge >= 0.3 is 5.97 Å². The summed E-state index contributed by atoms with van der Waals surface area (Å²) in [4.78, 5) is 13.1. The van der Waals surface area contributed by atoms with E-state index >= 15 is 0 Å². The van der Waals surface area contributed by atoms with Crippen LogP contribution >= 0.6 is 0 Å². The van der Waals surface area contributed by atoms with E-state index in [-0.39, 0.29) is 5.92 Å². The maximum atomic E-state index is 10.9. The van der Waals surface area contributed by atoms with Crippen molar-refractivity contribution in [3.63, 3.8) is 0 Å². The van der Waals surface area contributed by atoms with Crippen molar-refractivity contribution in [2.24, 2.45) is 5.92 Å². The standard InChI is InChI=1S/C13H22N2O3/c1-5-6-15(7-9(2)13(16)17)8-12-10(3)14-18-11(12)4/h9H,5-8H2,1-4H3,(H,16,17).